The number of benzene rings is 1. The molecule has 0 spiro atoms. The van der Waals surface area contributed by atoms with Gasteiger partial charge in [0.2, 0.25) is 0 Å². The van der Waals surface area contributed by atoms with Crippen molar-refractivity contribution in [3.63, 3.8) is 0 Å². The number of allylic oxidation sites excluding steroid dienone is 2. The monoisotopic (exact) mass is 413 g/mol. The number of nitrogens with one attached hydrogen (secondary N) is 1. The first-order valence-corrected chi connectivity index (χ1v) is 10.2. The van der Waals surface area contributed by atoms with Crippen molar-refractivity contribution in [1.29, 1.82) is 0 Å². The first kappa shape index (κ1) is 21.9. The van der Waals surface area contributed by atoms with Gasteiger partial charge in [-0.25, -0.2) is 0 Å². The van der Waals surface area contributed by atoms with Gasteiger partial charge in [0.15, 0.2) is 5.78 Å². The quantitative estimate of drug-likeness (QED) is 0.732. The van der Waals surface area contributed by atoms with Gasteiger partial charge in [-0.1, -0.05) is 26.5 Å². The third-order valence-electron chi connectivity index (χ3n) is 5.63. The molecule has 1 aliphatic heterocycles. The van der Waals surface area contributed by atoms with Crippen molar-refractivity contribution in [3.05, 3.63) is 47.3 Å². The van der Waals surface area contributed by atoms with Gasteiger partial charge < -0.3 is 19.5 Å². The Bertz CT molecular complexity index is 912. The minimum atomic E-state index is -0.737. The third kappa shape index (κ3) is 4.09. The molecule has 0 saturated heterocycles. The average Bonchev–Trinajstić information content (AvgIpc) is 2.64. The molecule has 0 saturated carbocycles. The number of carbonyl (C=O) groups excluding carboxylic acids is 2. The zero-order chi connectivity index (χ0) is 22.2. The van der Waals surface area contributed by atoms with Gasteiger partial charge in [-0.2, -0.15) is 0 Å². The standard InChI is InChI=1S/C24H31NO5/c1-13(2)30-23(27)20-14(3)25-17-11-24(4,5)12-18(26)22(17)21(20)16-9-8-15(28-6)10-19(16)29-7/h8-10,13,20-21,25H,3,11-12H2,1-2,4-7H3. The molecule has 1 aromatic carbocycles. The lowest BCUT2D eigenvalue weighted by atomic mass is 9.66. The fourth-order valence-corrected chi connectivity index (χ4v) is 4.44. The molecule has 1 aromatic rings. The highest BCUT2D eigenvalue weighted by Gasteiger charge is 2.47. The third-order valence-corrected chi connectivity index (χ3v) is 5.63. The molecule has 1 aliphatic carbocycles. The van der Waals surface area contributed by atoms with Crippen molar-refractivity contribution in [2.75, 3.05) is 14.2 Å². The largest absolute Gasteiger partial charge is 0.497 e. The lowest BCUT2D eigenvalue weighted by Gasteiger charge is -2.42. The van der Waals surface area contributed by atoms with E-state index in [0.717, 1.165) is 11.3 Å². The Morgan fingerprint density at radius 3 is 2.50 bits per heavy atom. The lowest BCUT2D eigenvalue weighted by molar-refractivity contribution is -0.151. The van der Waals surface area contributed by atoms with Gasteiger partial charge in [0.05, 0.1) is 20.3 Å². The van der Waals surface area contributed by atoms with Crippen LogP contribution in [-0.2, 0) is 14.3 Å². The average molecular weight is 414 g/mol. The molecule has 0 radical (unpaired) electrons. The number of ether oxygens (including phenoxy) is 3. The van der Waals surface area contributed by atoms with Crippen molar-refractivity contribution in [2.24, 2.45) is 11.3 Å². The first-order valence-electron chi connectivity index (χ1n) is 10.2. The van der Waals surface area contributed by atoms with Gasteiger partial charge in [0.25, 0.3) is 0 Å². The second-order valence-corrected chi connectivity index (χ2v) is 9.03. The van der Waals surface area contributed by atoms with Crippen LogP contribution in [-0.4, -0.2) is 32.1 Å². The molecule has 1 heterocycles. The highest BCUT2D eigenvalue weighted by molar-refractivity contribution is 6.01. The maximum absolute atomic E-state index is 13.3. The molecule has 3 rings (SSSR count). The van der Waals surface area contributed by atoms with Gasteiger partial charge in [-0.3, -0.25) is 9.59 Å². The summed E-state index contributed by atoms with van der Waals surface area (Å²) in [5.74, 6) is -0.458. The van der Waals surface area contributed by atoms with Gasteiger partial charge in [0.1, 0.15) is 17.4 Å². The van der Waals surface area contributed by atoms with Crippen LogP contribution in [0.5, 0.6) is 11.5 Å². The molecule has 30 heavy (non-hydrogen) atoms. The predicted molar refractivity (Wildman–Crippen MR) is 114 cm³/mol. The zero-order valence-corrected chi connectivity index (χ0v) is 18.6. The Kier molecular flexibility index (Phi) is 5.97. The fraction of sp³-hybridized carbons (Fsp3) is 0.500. The van der Waals surface area contributed by atoms with Crippen LogP contribution in [0, 0.1) is 11.3 Å². The Labute approximate surface area is 178 Å². The fourth-order valence-electron chi connectivity index (χ4n) is 4.44. The summed E-state index contributed by atoms with van der Waals surface area (Å²) < 4.78 is 16.5. The molecule has 2 unspecified atom stereocenters. The Morgan fingerprint density at radius 2 is 1.90 bits per heavy atom. The molecule has 2 aliphatic rings. The summed E-state index contributed by atoms with van der Waals surface area (Å²) in [4.78, 5) is 26.4. The zero-order valence-electron chi connectivity index (χ0n) is 18.6. The summed E-state index contributed by atoms with van der Waals surface area (Å²) in [6.45, 7) is 11.9. The molecule has 162 valence electrons. The molecule has 6 nitrogen and oxygen atoms in total. The summed E-state index contributed by atoms with van der Waals surface area (Å²) in [7, 11) is 3.15. The highest BCUT2D eigenvalue weighted by atomic mass is 16.5. The number of hydrogen-bond donors (Lipinski definition) is 1. The van der Waals surface area contributed by atoms with Crippen molar-refractivity contribution in [1.82, 2.24) is 5.32 Å². The van der Waals surface area contributed by atoms with E-state index in [4.69, 9.17) is 14.2 Å². The van der Waals surface area contributed by atoms with Crippen LogP contribution >= 0.6 is 0 Å². The summed E-state index contributed by atoms with van der Waals surface area (Å²) in [5.41, 5.74) is 2.57. The lowest BCUT2D eigenvalue weighted by Crippen LogP contribution is -2.44. The van der Waals surface area contributed by atoms with Crippen molar-refractivity contribution in [3.8, 4) is 11.5 Å². The molecule has 1 N–H and O–H groups in total. The summed E-state index contributed by atoms with van der Waals surface area (Å²) in [6.07, 6.45) is 0.842. The maximum atomic E-state index is 13.3. The Balaban J connectivity index is 2.21. The second kappa shape index (κ2) is 8.17. The van der Waals surface area contributed by atoms with Gasteiger partial charge in [0, 0.05) is 40.9 Å². The number of ketones is 1. The highest BCUT2D eigenvalue weighted by Crippen LogP contribution is 2.50. The molecule has 2 atom stereocenters. The van der Waals surface area contributed by atoms with Crippen LogP contribution in [0.2, 0.25) is 0 Å². The maximum Gasteiger partial charge on any atom is 0.316 e. The summed E-state index contributed by atoms with van der Waals surface area (Å²) in [5, 5.41) is 3.27. The van der Waals surface area contributed by atoms with Crippen molar-refractivity contribution < 1.29 is 23.8 Å². The van der Waals surface area contributed by atoms with E-state index in [1.54, 1.807) is 34.1 Å². The summed E-state index contributed by atoms with van der Waals surface area (Å²) >= 11 is 0. The van der Waals surface area contributed by atoms with E-state index < -0.39 is 17.8 Å². The molecule has 0 amide bonds. The van der Waals surface area contributed by atoms with E-state index >= 15 is 0 Å². The number of hydrogen-bond acceptors (Lipinski definition) is 6. The minimum absolute atomic E-state index is 0.0338. The molecule has 0 aromatic heterocycles. The van der Waals surface area contributed by atoms with E-state index in [2.05, 4.69) is 25.7 Å². The van der Waals surface area contributed by atoms with E-state index in [0.29, 0.717) is 35.6 Å². The molecule has 0 fully saturated rings. The number of methoxy groups -OCH3 is 2. The van der Waals surface area contributed by atoms with Crippen molar-refractivity contribution in [2.45, 2.75) is 52.6 Å². The normalized spacial score (nSPS) is 23.0. The van der Waals surface area contributed by atoms with Gasteiger partial charge in [-0.15, -0.1) is 0 Å². The minimum Gasteiger partial charge on any atom is -0.497 e. The first-order chi connectivity index (χ1) is 14.1. The van der Waals surface area contributed by atoms with E-state index in [9.17, 15) is 9.59 Å². The smallest absolute Gasteiger partial charge is 0.316 e. The number of esters is 1. The Morgan fingerprint density at radius 1 is 1.20 bits per heavy atom. The number of carbonyl (C=O) groups is 2. The van der Waals surface area contributed by atoms with Crippen LogP contribution in [0.4, 0.5) is 0 Å². The number of Topliss-reactive ketones (excluding diaryl/α,β-unsaturated/α-hetero) is 1. The predicted octanol–water partition coefficient (Wildman–Crippen LogP) is 4.12. The van der Waals surface area contributed by atoms with Crippen LogP contribution in [0.1, 0.15) is 52.0 Å². The van der Waals surface area contributed by atoms with Crippen LogP contribution in [0.15, 0.2) is 41.7 Å². The molecular formula is C24H31NO5. The molecule has 0 bridgehead atoms. The van der Waals surface area contributed by atoms with Crippen LogP contribution in [0.3, 0.4) is 0 Å². The van der Waals surface area contributed by atoms with Crippen LogP contribution < -0.4 is 14.8 Å². The molecular weight excluding hydrogens is 382 g/mol. The van der Waals surface area contributed by atoms with Gasteiger partial charge >= 0.3 is 5.97 Å². The van der Waals surface area contributed by atoms with E-state index in [-0.39, 0.29) is 17.3 Å². The second-order valence-electron chi connectivity index (χ2n) is 9.03. The topological polar surface area (TPSA) is 73.9 Å². The van der Waals surface area contributed by atoms with Crippen LogP contribution in [0.25, 0.3) is 0 Å². The van der Waals surface area contributed by atoms with E-state index in [1.165, 1.54) is 0 Å². The van der Waals surface area contributed by atoms with Gasteiger partial charge in [-0.05, 0) is 31.7 Å². The Hall–Kier alpha value is -2.76. The summed E-state index contributed by atoms with van der Waals surface area (Å²) in [6, 6.07) is 5.43. The molecule has 6 heteroatoms. The van der Waals surface area contributed by atoms with E-state index in [1.807, 2.05) is 12.1 Å². The number of rotatable bonds is 5. The van der Waals surface area contributed by atoms with Crippen molar-refractivity contribution >= 4 is 11.8 Å². The SMILES string of the molecule is C=C1NC2=C(C(=O)CC(C)(C)C2)C(c2ccc(OC)cc2OC)C1C(=O)OC(C)C.